The third-order valence-corrected chi connectivity index (χ3v) is 3.94. The third kappa shape index (κ3) is 4.02. The van der Waals surface area contributed by atoms with Crippen LogP contribution in [-0.2, 0) is 4.74 Å². The van der Waals surface area contributed by atoms with Gasteiger partial charge in [-0.1, -0.05) is 29.5 Å². The van der Waals surface area contributed by atoms with E-state index in [2.05, 4.69) is 10.3 Å². The molecule has 0 aliphatic heterocycles. The standard InChI is InChI=1S/C18H14N2O4S/c1-23-17(22)14-7-2-3-8-15(14)20-16(21)12-5-4-6-13(11-12)24-18-19-9-10-25-18/h2-11H,1H3,(H,20,21). The number of benzene rings is 2. The summed E-state index contributed by atoms with van der Waals surface area (Å²) in [5.74, 6) is -0.374. The first-order valence-corrected chi connectivity index (χ1v) is 8.21. The number of anilines is 1. The summed E-state index contributed by atoms with van der Waals surface area (Å²) in [6.07, 6.45) is 1.64. The molecule has 7 heteroatoms. The summed E-state index contributed by atoms with van der Waals surface area (Å²) >= 11 is 1.36. The number of nitrogens with zero attached hydrogens (tertiary/aromatic N) is 1. The molecule has 0 saturated carbocycles. The summed E-state index contributed by atoms with van der Waals surface area (Å²) in [6.45, 7) is 0. The topological polar surface area (TPSA) is 77.5 Å². The number of carbonyl (C=O) groups is 2. The first-order chi connectivity index (χ1) is 12.2. The Morgan fingerprint density at radius 3 is 2.72 bits per heavy atom. The third-order valence-electron chi connectivity index (χ3n) is 3.29. The van der Waals surface area contributed by atoms with E-state index in [0.717, 1.165) is 0 Å². The number of ether oxygens (including phenoxy) is 2. The highest BCUT2D eigenvalue weighted by atomic mass is 32.1. The monoisotopic (exact) mass is 354 g/mol. The van der Waals surface area contributed by atoms with Crippen molar-refractivity contribution in [3.63, 3.8) is 0 Å². The van der Waals surface area contributed by atoms with E-state index in [4.69, 9.17) is 9.47 Å². The van der Waals surface area contributed by atoms with Gasteiger partial charge in [0.15, 0.2) is 0 Å². The molecule has 0 bridgehead atoms. The summed E-state index contributed by atoms with van der Waals surface area (Å²) in [5, 5.41) is 5.02. The van der Waals surface area contributed by atoms with E-state index < -0.39 is 5.97 Å². The Hall–Kier alpha value is -3.19. The Balaban J connectivity index is 1.79. The van der Waals surface area contributed by atoms with Gasteiger partial charge < -0.3 is 14.8 Å². The van der Waals surface area contributed by atoms with Gasteiger partial charge >= 0.3 is 5.97 Å². The number of methoxy groups -OCH3 is 1. The van der Waals surface area contributed by atoms with Crippen molar-refractivity contribution in [1.29, 1.82) is 0 Å². The molecule has 1 N–H and O–H groups in total. The quantitative estimate of drug-likeness (QED) is 0.702. The molecular formula is C18H14N2O4S. The van der Waals surface area contributed by atoms with Gasteiger partial charge in [0.1, 0.15) is 5.75 Å². The molecule has 0 radical (unpaired) electrons. The number of hydrogen-bond donors (Lipinski definition) is 1. The van der Waals surface area contributed by atoms with Gasteiger partial charge in [0.25, 0.3) is 11.1 Å². The van der Waals surface area contributed by atoms with E-state index in [1.165, 1.54) is 18.4 Å². The molecule has 0 aliphatic rings. The highest BCUT2D eigenvalue weighted by molar-refractivity contribution is 7.11. The Morgan fingerprint density at radius 1 is 1.12 bits per heavy atom. The lowest BCUT2D eigenvalue weighted by molar-refractivity contribution is 0.0602. The van der Waals surface area contributed by atoms with Crippen LogP contribution in [-0.4, -0.2) is 24.0 Å². The van der Waals surface area contributed by atoms with E-state index in [9.17, 15) is 9.59 Å². The molecule has 0 saturated heterocycles. The summed E-state index contributed by atoms with van der Waals surface area (Å²) < 4.78 is 10.3. The second-order valence-electron chi connectivity index (χ2n) is 4.92. The van der Waals surface area contributed by atoms with Crippen LogP contribution < -0.4 is 10.1 Å². The van der Waals surface area contributed by atoms with Gasteiger partial charge in [0.05, 0.1) is 18.4 Å². The average molecular weight is 354 g/mol. The second-order valence-corrected chi connectivity index (χ2v) is 5.78. The number of esters is 1. The van der Waals surface area contributed by atoms with Crippen molar-refractivity contribution in [2.45, 2.75) is 0 Å². The number of thiazole rings is 1. The number of rotatable bonds is 5. The highest BCUT2D eigenvalue weighted by Crippen LogP contribution is 2.24. The van der Waals surface area contributed by atoms with Gasteiger partial charge in [0, 0.05) is 17.1 Å². The zero-order valence-corrected chi connectivity index (χ0v) is 14.1. The minimum Gasteiger partial charge on any atom is -0.465 e. The van der Waals surface area contributed by atoms with Gasteiger partial charge in [-0.25, -0.2) is 9.78 Å². The van der Waals surface area contributed by atoms with Crippen LogP contribution in [0.1, 0.15) is 20.7 Å². The van der Waals surface area contributed by atoms with E-state index in [0.29, 0.717) is 22.2 Å². The van der Waals surface area contributed by atoms with Crippen LogP contribution >= 0.6 is 11.3 Å². The van der Waals surface area contributed by atoms with Crippen molar-refractivity contribution < 1.29 is 19.1 Å². The zero-order valence-electron chi connectivity index (χ0n) is 13.3. The minimum absolute atomic E-state index is 0.286. The van der Waals surface area contributed by atoms with Crippen molar-refractivity contribution in [1.82, 2.24) is 4.98 Å². The van der Waals surface area contributed by atoms with Gasteiger partial charge in [-0.05, 0) is 30.3 Å². The molecule has 3 aromatic rings. The van der Waals surface area contributed by atoms with Crippen LogP contribution in [0.5, 0.6) is 10.9 Å². The maximum absolute atomic E-state index is 12.5. The maximum atomic E-state index is 12.5. The van der Waals surface area contributed by atoms with Gasteiger partial charge in [-0.2, -0.15) is 0 Å². The van der Waals surface area contributed by atoms with Crippen LogP contribution in [0.25, 0.3) is 0 Å². The highest BCUT2D eigenvalue weighted by Gasteiger charge is 2.14. The molecule has 0 fully saturated rings. The SMILES string of the molecule is COC(=O)c1ccccc1NC(=O)c1cccc(Oc2nccs2)c1. The predicted octanol–water partition coefficient (Wildman–Crippen LogP) is 3.97. The first-order valence-electron chi connectivity index (χ1n) is 7.33. The molecule has 126 valence electrons. The molecule has 1 amide bonds. The largest absolute Gasteiger partial charge is 0.465 e. The predicted molar refractivity (Wildman–Crippen MR) is 94.4 cm³/mol. The second kappa shape index (κ2) is 7.59. The van der Waals surface area contributed by atoms with Crippen LogP contribution in [0.4, 0.5) is 5.69 Å². The lowest BCUT2D eigenvalue weighted by Gasteiger charge is -2.10. The summed E-state index contributed by atoms with van der Waals surface area (Å²) in [4.78, 5) is 28.3. The summed E-state index contributed by atoms with van der Waals surface area (Å²) in [7, 11) is 1.29. The van der Waals surface area contributed by atoms with Crippen LogP contribution in [0.3, 0.4) is 0 Å². The Morgan fingerprint density at radius 2 is 1.96 bits per heavy atom. The number of carbonyl (C=O) groups excluding carboxylic acids is 2. The van der Waals surface area contributed by atoms with Crippen molar-refractivity contribution in [2.24, 2.45) is 0 Å². The maximum Gasteiger partial charge on any atom is 0.339 e. The Labute approximate surface area is 148 Å². The molecule has 0 atom stereocenters. The molecule has 0 aliphatic carbocycles. The molecule has 0 unspecified atom stereocenters. The molecule has 1 heterocycles. The zero-order chi connectivity index (χ0) is 17.6. The van der Waals surface area contributed by atoms with E-state index in [1.54, 1.807) is 60.1 Å². The fourth-order valence-corrected chi connectivity index (χ4v) is 2.64. The molecule has 3 rings (SSSR count). The van der Waals surface area contributed by atoms with Gasteiger partial charge in [-0.15, -0.1) is 0 Å². The molecule has 25 heavy (non-hydrogen) atoms. The fourth-order valence-electron chi connectivity index (χ4n) is 2.14. The van der Waals surface area contributed by atoms with Gasteiger partial charge in [0.2, 0.25) is 0 Å². The van der Waals surface area contributed by atoms with E-state index in [-0.39, 0.29) is 11.5 Å². The first kappa shape index (κ1) is 16.7. The normalized spacial score (nSPS) is 10.1. The summed E-state index contributed by atoms with van der Waals surface area (Å²) in [5.41, 5.74) is 1.06. The smallest absolute Gasteiger partial charge is 0.339 e. The fraction of sp³-hybridized carbons (Fsp3) is 0.0556. The molecule has 1 aromatic heterocycles. The van der Waals surface area contributed by atoms with Crippen molar-refractivity contribution in [2.75, 3.05) is 12.4 Å². The van der Waals surface area contributed by atoms with Crippen LogP contribution in [0.15, 0.2) is 60.1 Å². The lowest BCUT2D eigenvalue weighted by atomic mass is 10.1. The average Bonchev–Trinajstić information content (AvgIpc) is 3.14. The molecular weight excluding hydrogens is 340 g/mol. The molecule has 0 spiro atoms. The molecule has 6 nitrogen and oxygen atoms in total. The van der Waals surface area contributed by atoms with Crippen molar-refractivity contribution in [3.8, 4) is 10.9 Å². The Bertz CT molecular complexity index is 894. The van der Waals surface area contributed by atoms with Crippen LogP contribution in [0, 0.1) is 0 Å². The number of para-hydroxylation sites is 1. The molecule has 2 aromatic carbocycles. The van der Waals surface area contributed by atoms with Gasteiger partial charge in [-0.3, -0.25) is 4.79 Å². The minimum atomic E-state index is -0.517. The number of nitrogens with one attached hydrogen (secondary N) is 1. The Kier molecular flexibility index (Phi) is 5.06. The van der Waals surface area contributed by atoms with E-state index >= 15 is 0 Å². The van der Waals surface area contributed by atoms with Crippen molar-refractivity contribution in [3.05, 3.63) is 71.2 Å². The summed E-state index contributed by atoms with van der Waals surface area (Å²) in [6, 6.07) is 13.4. The van der Waals surface area contributed by atoms with E-state index in [1.807, 2.05) is 0 Å². The number of hydrogen-bond acceptors (Lipinski definition) is 6. The van der Waals surface area contributed by atoms with Crippen molar-refractivity contribution >= 4 is 28.9 Å². The van der Waals surface area contributed by atoms with Crippen LogP contribution in [0.2, 0.25) is 0 Å². The number of amides is 1. The number of aromatic nitrogens is 1. The lowest BCUT2D eigenvalue weighted by Crippen LogP contribution is -2.15.